The quantitative estimate of drug-likeness (QED) is 0.879. The molecule has 0 fully saturated rings. The predicted molar refractivity (Wildman–Crippen MR) is 71.0 cm³/mol. The lowest BCUT2D eigenvalue weighted by molar-refractivity contribution is 0.0696. The number of rotatable bonds is 4. The summed E-state index contributed by atoms with van der Waals surface area (Å²) in [5.41, 5.74) is 0.0882. The van der Waals surface area contributed by atoms with Crippen LogP contribution in [-0.2, 0) is 10.0 Å². The number of hydrogen-bond acceptors (Lipinski definition) is 5. The Kier molecular flexibility index (Phi) is 3.66. The van der Waals surface area contributed by atoms with Crippen molar-refractivity contribution in [3.8, 4) is 0 Å². The van der Waals surface area contributed by atoms with Gasteiger partial charge < -0.3 is 5.11 Å². The van der Waals surface area contributed by atoms with E-state index in [9.17, 15) is 13.2 Å². The summed E-state index contributed by atoms with van der Waals surface area (Å²) < 4.78 is 26.6. The summed E-state index contributed by atoms with van der Waals surface area (Å²) in [6.45, 7) is 1.43. The Morgan fingerprint density at radius 3 is 2.45 bits per heavy atom. The Bertz CT molecular complexity index is 745. The van der Waals surface area contributed by atoms with Crippen LogP contribution in [-0.4, -0.2) is 29.5 Å². The molecule has 0 radical (unpaired) electrons. The number of aromatic nitrogens is 2. The summed E-state index contributed by atoms with van der Waals surface area (Å²) in [5.74, 6) is -1.26. The van der Waals surface area contributed by atoms with Crippen molar-refractivity contribution in [2.45, 2.75) is 11.8 Å². The van der Waals surface area contributed by atoms with E-state index in [-0.39, 0.29) is 22.0 Å². The highest BCUT2D eigenvalue weighted by Gasteiger charge is 2.21. The summed E-state index contributed by atoms with van der Waals surface area (Å²) in [6.07, 6.45) is 2.79. The minimum Gasteiger partial charge on any atom is -0.478 e. The van der Waals surface area contributed by atoms with E-state index in [0.717, 1.165) is 0 Å². The van der Waals surface area contributed by atoms with E-state index in [1.807, 2.05) is 0 Å². The summed E-state index contributed by atoms with van der Waals surface area (Å²) in [6, 6.07) is 5.59. The average Bonchev–Trinajstić information content (AvgIpc) is 2.39. The van der Waals surface area contributed by atoms with Crippen LogP contribution in [0.3, 0.4) is 0 Å². The van der Waals surface area contributed by atoms with Crippen LogP contribution in [0.25, 0.3) is 0 Å². The first-order valence-corrected chi connectivity index (χ1v) is 7.03. The highest BCUT2D eigenvalue weighted by molar-refractivity contribution is 7.92. The second kappa shape index (κ2) is 5.25. The Morgan fingerprint density at radius 1 is 1.20 bits per heavy atom. The fourth-order valence-electron chi connectivity index (χ4n) is 1.66. The van der Waals surface area contributed by atoms with Crippen LogP contribution >= 0.6 is 0 Å². The summed E-state index contributed by atoms with van der Waals surface area (Å²) in [7, 11) is -3.94. The highest BCUT2D eigenvalue weighted by Crippen LogP contribution is 2.20. The van der Waals surface area contributed by atoms with Crippen molar-refractivity contribution in [2.24, 2.45) is 0 Å². The van der Waals surface area contributed by atoms with Gasteiger partial charge in [0.05, 0.1) is 10.5 Å². The molecule has 0 unspecified atom stereocenters. The molecule has 0 bridgehead atoms. The van der Waals surface area contributed by atoms with Gasteiger partial charge in [0.1, 0.15) is 0 Å². The van der Waals surface area contributed by atoms with E-state index in [2.05, 4.69) is 14.7 Å². The first-order chi connectivity index (χ1) is 9.42. The molecule has 2 N–H and O–H groups in total. The molecule has 1 aromatic carbocycles. The SMILES string of the molecule is Cc1c(C(=O)O)cccc1S(=O)(=O)Nc1ncccn1. The van der Waals surface area contributed by atoms with E-state index < -0.39 is 16.0 Å². The van der Waals surface area contributed by atoms with Gasteiger partial charge in [-0.1, -0.05) is 6.07 Å². The minimum absolute atomic E-state index is 0.0677. The van der Waals surface area contributed by atoms with E-state index in [1.165, 1.54) is 37.5 Å². The molecule has 0 aliphatic rings. The molecule has 1 heterocycles. The van der Waals surface area contributed by atoms with Crippen LogP contribution in [0, 0.1) is 6.92 Å². The minimum atomic E-state index is -3.94. The fraction of sp³-hybridized carbons (Fsp3) is 0.0833. The molecule has 0 amide bonds. The second-order valence-electron chi connectivity index (χ2n) is 3.91. The Morgan fingerprint density at radius 2 is 1.85 bits per heavy atom. The average molecular weight is 293 g/mol. The lowest BCUT2D eigenvalue weighted by atomic mass is 10.1. The van der Waals surface area contributed by atoms with Crippen molar-refractivity contribution in [3.63, 3.8) is 0 Å². The summed E-state index contributed by atoms with van der Waals surface area (Å²) >= 11 is 0. The zero-order valence-electron chi connectivity index (χ0n) is 10.4. The number of anilines is 1. The van der Waals surface area contributed by atoms with Gasteiger partial charge in [-0.05, 0) is 30.7 Å². The van der Waals surface area contributed by atoms with Crippen LogP contribution in [0.2, 0.25) is 0 Å². The zero-order chi connectivity index (χ0) is 14.8. The molecule has 8 heteroatoms. The number of sulfonamides is 1. The molecule has 0 spiro atoms. The van der Waals surface area contributed by atoms with Crippen molar-refractivity contribution < 1.29 is 18.3 Å². The third kappa shape index (κ3) is 2.75. The molecule has 0 saturated heterocycles. The molecule has 104 valence electrons. The summed E-state index contributed by atoms with van der Waals surface area (Å²) in [5, 5.41) is 9.01. The highest BCUT2D eigenvalue weighted by atomic mass is 32.2. The van der Waals surface area contributed by atoms with Gasteiger partial charge in [0, 0.05) is 12.4 Å². The van der Waals surface area contributed by atoms with Crippen LogP contribution in [0.15, 0.2) is 41.6 Å². The number of nitrogens with one attached hydrogen (secondary N) is 1. The largest absolute Gasteiger partial charge is 0.478 e. The fourth-order valence-corrected chi connectivity index (χ4v) is 2.89. The van der Waals surface area contributed by atoms with Gasteiger partial charge in [0.25, 0.3) is 10.0 Å². The van der Waals surface area contributed by atoms with Crippen molar-refractivity contribution >= 4 is 21.9 Å². The van der Waals surface area contributed by atoms with E-state index >= 15 is 0 Å². The molecule has 0 saturated carbocycles. The molecule has 7 nitrogen and oxygen atoms in total. The van der Waals surface area contributed by atoms with Gasteiger partial charge in [-0.15, -0.1) is 0 Å². The Balaban J connectivity index is 2.45. The number of aromatic carboxylic acids is 1. The number of benzene rings is 1. The maximum Gasteiger partial charge on any atom is 0.335 e. The van der Waals surface area contributed by atoms with Crippen LogP contribution in [0.4, 0.5) is 5.95 Å². The normalized spacial score (nSPS) is 11.1. The molecule has 2 rings (SSSR count). The molecule has 0 aliphatic carbocycles. The van der Waals surface area contributed by atoms with Gasteiger partial charge in [-0.3, -0.25) is 0 Å². The first-order valence-electron chi connectivity index (χ1n) is 5.54. The first kappa shape index (κ1) is 13.9. The van der Waals surface area contributed by atoms with Gasteiger partial charge in [-0.25, -0.2) is 27.9 Å². The van der Waals surface area contributed by atoms with Crippen molar-refractivity contribution in [1.29, 1.82) is 0 Å². The maximum atomic E-state index is 12.2. The second-order valence-corrected chi connectivity index (χ2v) is 5.56. The van der Waals surface area contributed by atoms with Gasteiger partial charge in [-0.2, -0.15) is 0 Å². The topological polar surface area (TPSA) is 109 Å². The molecular weight excluding hydrogens is 282 g/mol. The molecule has 1 aromatic heterocycles. The standard InChI is InChI=1S/C12H11N3O4S/c1-8-9(11(16)17)4-2-5-10(8)20(18,19)15-12-13-6-3-7-14-12/h2-7H,1H3,(H,16,17)(H,13,14,15). The van der Waals surface area contributed by atoms with Crippen molar-refractivity contribution in [2.75, 3.05) is 4.72 Å². The van der Waals surface area contributed by atoms with E-state index in [1.54, 1.807) is 6.07 Å². The van der Waals surface area contributed by atoms with Crippen molar-refractivity contribution in [3.05, 3.63) is 47.8 Å². The lowest BCUT2D eigenvalue weighted by Gasteiger charge is -2.10. The smallest absolute Gasteiger partial charge is 0.335 e. The third-order valence-electron chi connectivity index (χ3n) is 2.60. The van der Waals surface area contributed by atoms with E-state index in [4.69, 9.17) is 5.11 Å². The van der Waals surface area contributed by atoms with Crippen LogP contribution in [0.1, 0.15) is 15.9 Å². The number of carboxylic acid groups (broad SMARTS) is 1. The van der Waals surface area contributed by atoms with Gasteiger partial charge in [0.2, 0.25) is 5.95 Å². The summed E-state index contributed by atoms with van der Waals surface area (Å²) in [4.78, 5) is 18.4. The van der Waals surface area contributed by atoms with Crippen LogP contribution in [0.5, 0.6) is 0 Å². The molecular formula is C12H11N3O4S. The molecule has 20 heavy (non-hydrogen) atoms. The Hall–Kier alpha value is -2.48. The van der Waals surface area contributed by atoms with E-state index in [0.29, 0.717) is 0 Å². The van der Waals surface area contributed by atoms with Gasteiger partial charge >= 0.3 is 5.97 Å². The number of carbonyl (C=O) groups is 1. The Labute approximate surface area is 115 Å². The predicted octanol–water partition coefficient (Wildman–Crippen LogP) is 1.28. The molecule has 2 aromatic rings. The number of carboxylic acids is 1. The third-order valence-corrected chi connectivity index (χ3v) is 4.07. The van der Waals surface area contributed by atoms with Gasteiger partial charge in [0.15, 0.2) is 0 Å². The van der Waals surface area contributed by atoms with Crippen molar-refractivity contribution in [1.82, 2.24) is 9.97 Å². The molecule has 0 aliphatic heterocycles. The monoisotopic (exact) mass is 293 g/mol. The zero-order valence-corrected chi connectivity index (χ0v) is 11.3. The number of hydrogen-bond donors (Lipinski definition) is 2. The molecule has 0 atom stereocenters. The maximum absolute atomic E-state index is 12.2. The van der Waals surface area contributed by atoms with Crippen LogP contribution < -0.4 is 4.72 Å². The number of nitrogens with zero attached hydrogens (tertiary/aromatic N) is 2. The lowest BCUT2D eigenvalue weighted by Crippen LogP contribution is -2.17.